The summed E-state index contributed by atoms with van der Waals surface area (Å²) in [7, 11) is 3.70. The Morgan fingerprint density at radius 2 is 1.80 bits per heavy atom. The molecule has 1 fully saturated rings. The van der Waals surface area contributed by atoms with E-state index in [1.807, 2.05) is 70.5 Å². The molecule has 1 aliphatic rings. The molecule has 4 rings (SSSR count). The molecule has 0 unspecified atom stereocenters. The predicted molar refractivity (Wildman–Crippen MR) is 197 cm³/mol. The molecule has 11 nitrogen and oxygen atoms in total. The van der Waals surface area contributed by atoms with Crippen LogP contribution in [0.25, 0.3) is 0 Å². The molecule has 3 amide bonds. The van der Waals surface area contributed by atoms with Crippen molar-refractivity contribution in [3.8, 4) is 0 Å². The van der Waals surface area contributed by atoms with Crippen molar-refractivity contribution in [2.45, 2.75) is 103 Å². The summed E-state index contributed by atoms with van der Waals surface area (Å²) < 4.78 is 5.80. The largest absolute Gasteiger partial charge is 0.455 e. The Hall–Kier alpha value is -3.68. The summed E-state index contributed by atoms with van der Waals surface area (Å²) in [5.74, 6) is -1.24. The molecule has 0 saturated carbocycles. The number of benzene rings is 1. The first kappa shape index (κ1) is 39.1. The van der Waals surface area contributed by atoms with E-state index in [-0.39, 0.29) is 59.8 Å². The summed E-state index contributed by atoms with van der Waals surface area (Å²) in [5, 5.41) is 11.0. The number of hydrogen-bond donors (Lipinski definition) is 2. The number of amides is 3. The molecule has 13 heteroatoms. The first-order chi connectivity index (χ1) is 23.9. The Kier molecular flexibility index (Phi) is 14.5. The molecular weight excluding hydrogens is 673 g/mol. The topological polar surface area (TPSA) is 134 Å². The van der Waals surface area contributed by atoms with Gasteiger partial charge in [0.05, 0.1) is 12.1 Å². The standard InChI is InChI=1S/C37H52N6O5S2/c1-8-24(4)32(41-34(46)29-16-12-13-18-42(29)6)37(47)43(7)30(23(2)3)21-31(48-25(5)44)36-40-28(22-50-36)33(45)39-27(35-38-17-19-49-35)20-26-14-10-9-11-15-26/h9-11,14-15,17,19,22-24,27,29-32H,8,12-13,16,18,20-21H2,1-7H3,(H,39,45)(H,41,46)/t24-,27-,29+,30+,31+,32-/m0/s1. The van der Waals surface area contributed by atoms with Gasteiger partial charge in [-0.2, -0.15) is 0 Å². The Bertz CT molecular complexity index is 1550. The minimum Gasteiger partial charge on any atom is -0.455 e. The predicted octanol–water partition coefficient (Wildman–Crippen LogP) is 5.81. The van der Waals surface area contributed by atoms with Crippen molar-refractivity contribution < 1.29 is 23.9 Å². The monoisotopic (exact) mass is 724 g/mol. The minimum atomic E-state index is -0.784. The molecule has 1 saturated heterocycles. The third kappa shape index (κ3) is 10.4. The molecule has 0 spiro atoms. The van der Waals surface area contributed by atoms with Crippen LogP contribution in [0.4, 0.5) is 0 Å². The van der Waals surface area contributed by atoms with Crippen LogP contribution < -0.4 is 10.6 Å². The van der Waals surface area contributed by atoms with E-state index in [1.165, 1.54) is 29.6 Å². The maximum Gasteiger partial charge on any atom is 0.303 e. The quantitative estimate of drug-likeness (QED) is 0.177. The second kappa shape index (κ2) is 18.5. The number of hydrogen-bond acceptors (Lipinski definition) is 10. The fourth-order valence-corrected chi connectivity index (χ4v) is 7.98. The van der Waals surface area contributed by atoms with Crippen molar-refractivity contribution in [2.75, 3.05) is 20.6 Å². The number of rotatable bonds is 16. The van der Waals surface area contributed by atoms with E-state index in [0.29, 0.717) is 17.8 Å². The van der Waals surface area contributed by atoms with Crippen molar-refractivity contribution in [1.82, 2.24) is 30.4 Å². The van der Waals surface area contributed by atoms with E-state index in [9.17, 15) is 19.2 Å². The van der Waals surface area contributed by atoms with Gasteiger partial charge in [-0.25, -0.2) is 9.97 Å². The summed E-state index contributed by atoms with van der Waals surface area (Å²) in [4.78, 5) is 66.3. The molecule has 6 atom stereocenters. The zero-order valence-electron chi connectivity index (χ0n) is 30.3. The van der Waals surface area contributed by atoms with Crippen LogP contribution in [0.5, 0.6) is 0 Å². The summed E-state index contributed by atoms with van der Waals surface area (Å²) in [6, 6.07) is 8.25. The van der Waals surface area contributed by atoms with E-state index in [0.717, 1.165) is 36.4 Å². The lowest BCUT2D eigenvalue weighted by molar-refractivity contribution is -0.149. The number of ether oxygens (including phenoxy) is 1. The van der Waals surface area contributed by atoms with Crippen LogP contribution >= 0.6 is 22.7 Å². The normalized spacial score (nSPS) is 18.0. The molecule has 0 bridgehead atoms. The van der Waals surface area contributed by atoms with Gasteiger partial charge in [0.15, 0.2) is 6.10 Å². The van der Waals surface area contributed by atoms with E-state index in [4.69, 9.17) is 4.74 Å². The number of carbonyl (C=O) groups excluding carboxylic acids is 4. The molecule has 0 radical (unpaired) electrons. The second-order valence-corrected chi connectivity index (χ2v) is 15.4. The van der Waals surface area contributed by atoms with Crippen molar-refractivity contribution in [1.29, 1.82) is 0 Å². The third-order valence-corrected chi connectivity index (χ3v) is 11.4. The molecule has 0 aliphatic carbocycles. The van der Waals surface area contributed by atoms with Crippen LogP contribution in [0.15, 0.2) is 47.3 Å². The van der Waals surface area contributed by atoms with Crippen molar-refractivity contribution in [2.24, 2.45) is 11.8 Å². The average molecular weight is 725 g/mol. The first-order valence-electron chi connectivity index (χ1n) is 17.5. The van der Waals surface area contributed by atoms with E-state index in [1.54, 1.807) is 23.5 Å². The molecule has 272 valence electrons. The zero-order chi connectivity index (χ0) is 36.4. The summed E-state index contributed by atoms with van der Waals surface area (Å²) in [5.41, 5.74) is 1.28. The van der Waals surface area contributed by atoms with Gasteiger partial charge in [0.1, 0.15) is 21.8 Å². The van der Waals surface area contributed by atoms with Gasteiger partial charge in [0, 0.05) is 43.4 Å². The Morgan fingerprint density at radius 1 is 1.06 bits per heavy atom. The van der Waals surface area contributed by atoms with E-state index in [2.05, 4.69) is 25.5 Å². The molecule has 2 aromatic heterocycles. The van der Waals surface area contributed by atoms with Crippen molar-refractivity contribution in [3.05, 3.63) is 68.6 Å². The number of likely N-dealkylation sites (N-methyl/N-ethyl adjacent to an activating group) is 2. The lowest BCUT2D eigenvalue weighted by Gasteiger charge is -2.38. The fourth-order valence-electron chi connectivity index (χ4n) is 6.45. The van der Waals surface area contributed by atoms with Gasteiger partial charge >= 0.3 is 5.97 Å². The number of piperidine rings is 1. The highest BCUT2D eigenvalue weighted by Gasteiger charge is 2.37. The summed E-state index contributed by atoms with van der Waals surface area (Å²) >= 11 is 2.72. The lowest BCUT2D eigenvalue weighted by Crippen LogP contribution is -2.58. The van der Waals surface area contributed by atoms with E-state index < -0.39 is 18.1 Å². The van der Waals surface area contributed by atoms with Gasteiger partial charge in [-0.15, -0.1) is 22.7 Å². The Balaban J connectivity index is 1.51. The second-order valence-electron chi connectivity index (χ2n) is 13.6. The van der Waals surface area contributed by atoms with Gasteiger partial charge in [-0.1, -0.05) is 70.9 Å². The van der Waals surface area contributed by atoms with Gasteiger partial charge < -0.3 is 20.3 Å². The average Bonchev–Trinajstić information content (AvgIpc) is 3.82. The van der Waals surface area contributed by atoms with Crippen molar-refractivity contribution >= 4 is 46.4 Å². The number of nitrogens with zero attached hydrogens (tertiary/aromatic N) is 4. The van der Waals surface area contributed by atoms with E-state index >= 15 is 0 Å². The third-order valence-electron chi connectivity index (χ3n) is 9.60. The number of carbonyl (C=O) groups is 4. The van der Waals surface area contributed by atoms with Crippen LogP contribution in [-0.4, -0.2) is 82.2 Å². The number of thiazole rings is 2. The Labute approximate surface area is 304 Å². The molecule has 2 N–H and O–H groups in total. The van der Waals surface area contributed by atoms with Crippen LogP contribution in [-0.2, 0) is 25.5 Å². The number of esters is 1. The van der Waals surface area contributed by atoms with Crippen LogP contribution in [0.3, 0.4) is 0 Å². The molecule has 50 heavy (non-hydrogen) atoms. The van der Waals surface area contributed by atoms with Gasteiger partial charge in [0.25, 0.3) is 5.91 Å². The van der Waals surface area contributed by atoms with Gasteiger partial charge in [0.2, 0.25) is 11.8 Å². The highest BCUT2D eigenvalue weighted by molar-refractivity contribution is 7.10. The maximum atomic E-state index is 14.2. The lowest BCUT2D eigenvalue weighted by atomic mass is 9.92. The van der Waals surface area contributed by atoms with Crippen LogP contribution in [0.1, 0.15) is 105 Å². The highest BCUT2D eigenvalue weighted by Crippen LogP contribution is 2.31. The smallest absolute Gasteiger partial charge is 0.303 e. The van der Waals surface area contributed by atoms with Gasteiger partial charge in [-0.3, -0.25) is 24.1 Å². The minimum absolute atomic E-state index is 0.0143. The summed E-state index contributed by atoms with van der Waals surface area (Å²) in [6.07, 6.45) is 5.30. The number of likely N-dealkylation sites (tertiary alicyclic amines) is 1. The highest BCUT2D eigenvalue weighted by atomic mass is 32.1. The molecule has 1 aromatic carbocycles. The molecule has 3 aromatic rings. The molecule has 1 aliphatic heterocycles. The zero-order valence-corrected chi connectivity index (χ0v) is 31.9. The first-order valence-corrected chi connectivity index (χ1v) is 19.3. The number of aromatic nitrogens is 2. The van der Waals surface area contributed by atoms with Crippen LogP contribution in [0, 0.1) is 11.8 Å². The van der Waals surface area contributed by atoms with Crippen molar-refractivity contribution in [3.63, 3.8) is 0 Å². The molecular formula is C37H52N6O5S2. The van der Waals surface area contributed by atoms with Crippen LogP contribution in [0.2, 0.25) is 0 Å². The maximum absolute atomic E-state index is 14.2. The number of nitrogens with one attached hydrogen (secondary N) is 2. The summed E-state index contributed by atoms with van der Waals surface area (Å²) in [6.45, 7) is 10.2. The molecule has 3 heterocycles. The fraction of sp³-hybridized carbons (Fsp3) is 0.568. The Morgan fingerprint density at radius 3 is 2.42 bits per heavy atom. The van der Waals surface area contributed by atoms with Gasteiger partial charge in [-0.05, 0) is 50.3 Å². The SMILES string of the molecule is CC[C@H](C)[C@H](NC(=O)[C@H]1CCCCN1C)C(=O)N(C)[C@H](C[C@@H](OC(C)=O)c1nc(C(=O)N[C@@H](Cc2ccccc2)c2nccs2)cs1)C(C)C.